The third-order valence-corrected chi connectivity index (χ3v) is 7.52. The fourth-order valence-electron chi connectivity index (χ4n) is 6.07. The SMILES string of the molecule is O=C(COC(=O)CC12CC3CC(CC(Br)(C3)C1)C2)NC(=O)c1ccc(OC(F)F)cc1. The summed E-state index contributed by atoms with van der Waals surface area (Å²) in [4.78, 5) is 36.6. The van der Waals surface area contributed by atoms with Crippen LogP contribution in [0.25, 0.3) is 0 Å². The van der Waals surface area contributed by atoms with Crippen molar-refractivity contribution in [2.24, 2.45) is 17.3 Å². The lowest BCUT2D eigenvalue weighted by molar-refractivity contribution is -0.154. The molecule has 0 aliphatic heterocycles. The van der Waals surface area contributed by atoms with Crippen LogP contribution in [-0.4, -0.2) is 35.3 Å². The van der Waals surface area contributed by atoms with Crippen molar-refractivity contribution >= 4 is 33.7 Å². The Morgan fingerprint density at radius 1 is 1.10 bits per heavy atom. The Labute approximate surface area is 187 Å². The highest BCUT2D eigenvalue weighted by molar-refractivity contribution is 9.10. The molecule has 9 heteroatoms. The minimum atomic E-state index is -2.96. The van der Waals surface area contributed by atoms with Gasteiger partial charge in [-0.25, -0.2) is 0 Å². The van der Waals surface area contributed by atoms with Crippen molar-refractivity contribution in [1.82, 2.24) is 5.32 Å². The van der Waals surface area contributed by atoms with Gasteiger partial charge in [0.05, 0.1) is 6.42 Å². The van der Waals surface area contributed by atoms with Crippen LogP contribution in [0.1, 0.15) is 55.3 Å². The van der Waals surface area contributed by atoms with E-state index in [-0.39, 0.29) is 21.1 Å². The molecule has 4 aliphatic carbocycles. The lowest BCUT2D eigenvalue weighted by Gasteiger charge is -2.60. The average molecular weight is 500 g/mol. The van der Waals surface area contributed by atoms with Crippen LogP contribution in [0.4, 0.5) is 8.78 Å². The molecule has 0 spiro atoms. The molecule has 1 N–H and O–H groups in total. The number of halogens is 3. The van der Waals surface area contributed by atoms with Crippen molar-refractivity contribution in [2.75, 3.05) is 6.61 Å². The van der Waals surface area contributed by atoms with Crippen molar-refractivity contribution < 1.29 is 32.6 Å². The summed E-state index contributed by atoms with van der Waals surface area (Å²) in [5.74, 6) is -0.685. The lowest BCUT2D eigenvalue weighted by atomic mass is 9.49. The molecular formula is C22H24BrF2NO5. The van der Waals surface area contributed by atoms with Crippen LogP contribution in [-0.2, 0) is 14.3 Å². The Balaban J connectivity index is 1.24. The van der Waals surface area contributed by atoms with Crippen molar-refractivity contribution in [3.8, 4) is 5.75 Å². The Bertz CT molecular complexity index is 861. The van der Waals surface area contributed by atoms with E-state index in [4.69, 9.17) is 4.74 Å². The van der Waals surface area contributed by atoms with Gasteiger partial charge in [-0.15, -0.1) is 0 Å². The molecule has 31 heavy (non-hydrogen) atoms. The maximum Gasteiger partial charge on any atom is 0.387 e. The fourth-order valence-corrected chi connectivity index (χ4v) is 7.58. The lowest BCUT2D eigenvalue weighted by Crippen LogP contribution is -2.53. The molecule has 168 valence electrons. The summed E-state index contributed by atoms with van der Waals surface area (Å²) in [6.07, 6.45) is 6.88. The van der Waals surface area contributed by atoms with Gasteiger partial charge in [0.25, 0.3) is 11.8 Å². The number of hydrogen-bond donors (Lipinski definition) is 1. The Kier molecular flexibility index (Phi) is 6.07. The predicted octanol–water partition coefficient (Wildman–Crippen LogP) is 4.21. The number of carbonyl (C=O) groups excluding carboxylic acids is 3. The van der Waals surface area contributed by atoms with Crippen LogP contribution >= 0.6 is 15.9 Å². The predicted molar refractivity (Wildman–Crippen MR) is 110 cm³/mol. The summed E-state index contributed by atoms with van der Waals surface area (Å²) in [5, 5.41) is 2.13. The molecule has 4 bridgehead atoms. The first-order valence-corrected chi connectivity index (χ1v) is 11.2. The third-order valence-electron chi connectivity index (χ3n) is 6.59. The normalized spacial score (nSPS) is 30.8. The van der Waals surface area contributed by atoms with Gasteiger partial charge in [0.2, 0.25) is 0 Å². The van der Waals surface area contributed by atoms with Gasteiger partial charge in [0.15, 0.2) is 6.61 Å². The van der Waals surface area contributed by atoms with E-state index in [1.165, 1.54) is 43.5 Å². The van der Waals surface area contributed by atoms with Crippen LogP contribution in [0.5, 0.6) is 5.75 Å². The third kappa shape index (κ3) is 5.25. The molecule has 2 unspecified atom stereocenters. The molecule has 5 rings (SSSR count). The quantitative estimate of drug-likeness (QED) is 0.448. The van der Waals surface area contributed by atoms with E-state index in [0.717, 1.165) is 19.3 Å². The zero-order chi connectivity index (χ0) is 22.2. The van der Waals surface area contributed by atoms with E-state index in [1.54, 1.807) is 0 Å². The topological polar surface area (TPSA) is 81.7 Å². The number of ether oxygens (including phenoxy) is 2. The molecule has 0 heterocycles. The second-order valence-electron chi connectivity index (χ2n) is 9.23. The van der Waals surface area contributed by atoms with Gasteiger partial charge in [-0.2, -0.15) is 8.78 Å². The molecule has 1 aromatic rings. The van der Waals surface area contributed by atoms with Crippen LogP contribution in [0.3, 0.4) is 0 Å². The summed E-state index contributed by atoms with van der Waals surface area (Å²) in [7, 11) is 0. The number of nitrogens with one attached hydrogen (secondary N) is 1. The fraction of sp³-hybridized carbons (Fsp3) is 0.591. The summed E-state index contributed by atoms with van der Waals surface area (Å²) >= 11 is 3.91. The molecule has 0 aromatic heterocycles. The van der Waals surface area contributed by atoms with Crippen LogP contribution in [0.2, 0.25) is 0 Å². The summed E-state index contributed by atoms with van der Waals surface area (Å²) in [6.45, 7) is -3.51. The van der Waals surface area contributed by atoms with Crippen LogP contribution in [0, 0.1) is 17.3 Å². The number of esters is 1. The smallest absolute Gasteiger partial charge is 0.387 e. The Morgan fingerprint density at radius 2 is 1.74 bits per heavy atom. The van der Waals surface area contributed by atoms with E-state index in [9.17, 15) is 23.2 Å². The van der Waals surface area contributed by atoms with E-state index < -0.39 is 31.0 Å². The van der Waals surface area contributed by atoms with Gasteiger partial charge < -0.3 is 9.47 Å². The van der Waals surface area contributed by atoms with E-state index in [1.807, 2.05) is 0 Å². The zero-order valence-electron chi connectivity index (χ0n) is 16.9. The highest BCUT2D eigenvalue weighted by atomic mass is 79.9. The molecule has 4 saturated carbocycles. The minimum absolute atomic E-state index is 0.0565. The van der Waals surface area contributed by atoms with E-state index >= 15 is 0 Å². The first-order valence-electron chi connectivity index (χ1n) is 10.4. The summed E-state index contributed by atoms with van der Waals surface area (Å²) < 4.78 is 33.8. The molecule has 0 saturated heterocycles. The Hall–Kier alpha value is -2.03. The molecule has 2 atom stereocenters. The average Bonchev–Trinajstić information content (AvgIpc) is 2.64. The first kappa shape index (κ1) is 22.2. The molecule has 4 fully saturated rings. The van der Waals surface area contributed by atoms with E-state index in [0.29, 0.717) is 18.3 Å². The first-order chi connectivity index (χ1) is 14.6. The number of benzene rings is 1. The highest BCUT2D eigenvalue weighted by Crippen LogP contribution is 2.65. The highest BCUT2D eigenvalue weighted by Gasteiger charge is 2.57. The molecule has 4 aliphatic rings. The Morgan fingerprint density at radius 3 is 2.32 bits per heavy atom. The number of amides is 2. The van der Waals surface area contributed by atoms with Gasteiger partial charge in [0, 0.05) is 9.89 Å². The molecular weight excluding hydrogens is 476 g/mol. The maximum absolute atomic E-state index is 12.4. The van der Waals surface area contributed by atoms with Crippen molar-refractivity contribution in [3.63, 3.8) is 0 Å². The van der Waals surface area contributed by atoms with Gasteiger partial charge in [0.1, 0.15) is 5.75 Å². The summed E-state index contributed by atoms with van der Waals surface area (Å²) in [6, 6.07) is 4.92. The number of imide groups is 1. The van der Waals surface area contributed by atoms with Crippen LogP contribution in [0.15, 0.2) is 24.3 Å². The van der Waals surface area contributed by atoms with Gasteiger partial charge >= 0.3 is 12.6 Å². The minimum Gasteiger partial charge on any atom is -0.456 e. The van der Waals surface area contributed by atoms with Gasteiger partial charge in [-0.3, -0.25) is 19.7 Å². The van der Waals surface area contributed by atoms with Crippen molar-refractivity contribution in [3.05, 3.63) is 29.8 Å². The monoisotopic (exact) mass is 499 g/mol. The maximum atomic E-state index is 12.4. The van der Waals surface area contributed by atoms with Gasteiger partial charge in [-0.05, 0) is 80.0 Å². The number of alkyl halides is 3. The number of hydrogen-bond acceptors (Lipinski definition) is 5. The van der Waals surface area contributed by atoms with E-state index in [2.05, 4.69) is 26.0 Å². The second-order valence-corrected chi connectivity index (χ2v) is 10.9. The molecule has 2 amide bonds. The molecule has 1 aromatic carbocycles. The van der Waals surface area contributed by atoms with Crippen molar-refractivity contribution in [2.45, 2.75) is 55.9 Å². The number of rotatable bonds is 7. The summed E-state index contributed by atoms with van der Waals surface area (Å²) in [5.41, 5.74) is 0.0383. The van der Waals surface area contributed by atoms with Crippen LogP contribution < -0.4 is 10.1 Å². The standard InChI is InChI=1S/C22H24BrF2NO5/c23-22-8-13-5-14(9-22)7-21(6-13,12-22)10-18(28)30-11-17(27)26-19(29)15-1-3-16(4-2-15)31-20(24)25/h1-4,13-14,20H,5-12H2,(H,26,27,29). The van der Waals surface area contributed by atoms with Gasteiger partial charge in [-0.1, -0.05) is 15.9 Å². The second kappa shape index (κ2) is 8.48. The zero-order valence-corrected chi connectivity index (χ0v) is 18.5. The largest absolute Gasteiger partial charge is 0.456 e. The van der Waals surface area contributed by atoms with Crippen molar-refractivity contribution in [1.29, 1.82) is 0 Å². The molecule has 0 radical (unpaired) electrons. The molecule has 6 nitrogen and oxygen atoms in total. The number of carbonyl (C=O) groups is 3.